The van der Waals surface area contributed by atoms with Crippen molar-refractivity contribution in [2.24, 2.45) is 0 Å². The first-order valence-corrected chi connectivity index (χ1v) is 8.76. The second kappa shape index (κ2) is 6.34. The molecule has 6 heteroatoms. The molecule has 4 nitrogen and oxygen atoms in total. The number of rotatable bonds is 4. The molecule has 0 unspecified atom stereocenters. The van der Waals surface area contributed by atoms with Crippen LogP contribution in [0.5, 0.6) is 0 Å². The van der Waals surface area contributed by atoms with Gasteiger partial charge in [0.2, 0.25) is 0 Å². The molecular formula is C17H18ClN3OS. The van der Waals surface area contributed by atoms with E-state index in [4.69, 9.17) is 17.0 Å². The van der Waals surface area contributed by atoms with Crippen molar-refractivity contribution < 1.29 is 5.11 Å². The van der Waals surface area contributed by atoms with Gasteiger partial charge in [-0.3, -0.25) is 5.41 Å². The highest BCUT2D eigenvalue weighted by Crippen LogP contribution is 2.33. The van der Waals surface area contributed by atoms with Crippen molar-refractivity contribution in [3.63, 3.8) is 0 Å². The van der Waals surface area contributed by atoms with Crippen molar-refractivity contribution in [1.29, 1.82) is 5.41 Å². The molecule has 0 spiro atoms. The largest absolute Gasteiger partial charge is 0.510 e. The molecule has 1 aromatic carbocycles. The molecule has 0 bridgehead atoms. The SMILES string of the molecule is CC[C@H](C)N1CC(O)=C(c2nc(-c3cccc(Cl)c3)cs2)C1=N. The van der Waals surface area contributed by atoms with Crippen molar-refractivity contribution in [3.05, 3.63) is 45.4 Å². The molecule has 0 saturated carbocycles. The zero-order valence-corrected chi connectivity index (χ0v) is 14.6. The quantitative estimate of drug-likeness (QED) is 0.833. The van der Waals surface area contributed by atoms with Gasteiger partial charge in [-0.15, -0.1) is 11.3 Å². The first-order valence-electron chi connectivity index (χ1n) is 7.50. The summed E-state index contributed by atoms with van der Waals surface area (Å²) >= 11 is 7.47. The maximum atomic E-state index is 10.3. The molecule has 0 fully saturated rings. The van der Waals surface area contributed by atoms with Gasteiger partial charge in [-0.25, -0.2) is 4.98 Å². The van der Waals surface area contributed by atoms with Crippen LogP contribution >= 0.6 is 22.9 Å². The summed E-state index contributed by atoms with van der Waals surface area (Å²) in [5, 5.41) is 21.9. The molecule has 3 rings (SSSR count). The molecule has 1 atom stereocenters. The van der Waals surface area contributed by atoms with Crippen LogP contribution in [0.15, 0.2) is 35.4 Å². The van der Waals surface area contributed by atoms with E-state index in [0.717, 1.165) is 17.7 Å². The molecule has 2 N–H and O–H groups in total. The zero-order chi connectivity index (χ0) is 16.6. The average Bonchev–Trinajstić information content (AvgIpc) is 3.11. The Morgan fingerprint density at radius 1 is 1.48 bits per heavy atom. The van der Waals surface area contributed by atoms with Gasteiger partial charge in [0.15, 0.2) is 0 Å². The highest BCUT2D eigenvalue weighted by molar-refractivity contribution is 7.11. The van der Waals surface area contributed by atoms with E-state index in [0.29, 0.717) is 28.0 Å². The summed E-state index contributed by atoms with van der Waals surface area (Å²) in [6.45, 7) is 4.52. The molecule has 0 amide bonds. The Labute approximate surface area is 144 Å². The maximum Gasteiger partial charge on any atom is 0.135 e. The van der Waals surface area contributed by atoms with Gasteiger partial charge in [0, 0.05) is 22.0 Å². The van der Waals surface area contributed by atoms with Crippen molar-refractivity contribution in [2.45, 2.75) is 26.3 Å². The Morgan fingerprint density at radius 2 is 2.26 bits per heavy atom. The summed E-state index contributed by atoms with van der Waals surface area (Å²) < 4.78 is 0. The highest BCUT2D eigenvalue weighted by atomic mass is 35.5. The molecule has 23 heavy (non-hydrogen) atoms. The zero-order valence-electron chi connectivity index (χ0n) is 13.0. The van der Waals surface area contributed by atoms with Crippen LogP contribution in [0.2, 0.25) is 5.02 Å². The predicted octanol–water partition coefficient (Wildman–Crippen LogP) is 4.82. The minimum Gasteiger partial charge on any atom is -0.510 e. The number of nitrogens with zero attached hydrogens (tertiary/aromatic N) is 2. The normalized spacial score (nSPS) is 16.3. The van der Waals surface area contributed by atoms with Crippen LogP contribution in [-0.2, 0) is 0 Å². The van der Waals surface area contributed by atoms with Gasteiger partial charge in [0.05, 0.1) is 17.8 Å². The fourth-order valence-corrected chi connectivity index (χ4v) is 3.68. The average molecular weight is 348 g/mol. The third kappa shape index (κ3) is 2.99. The number of halogens is 1. The van der Waals surface area contributed by atoms with E-state index in [-0.39, 0.29) is 11.8 Å². The molecule has 0 radical (unpaired) electrons. The molecule has 1 aliphatic heterocycles. The maximum absolute atomic E-state index is 10.3. The highest BCUT2D eigenvalue weighted by Gasteiger charge is 2.32. The molecule has 0 saturated heterocycles. The Hall–Kier alpha value is -1.85. The Morgan fingerprint density at radius 3 is 2.96 bits per heavy atom. The number of aliphatic hydroxyl groups is 1. The fraction of sp³-hybridized carbons (Fsp3) is 0.294. The number of nitrogens with one attached hydrogen (secondary N) is 1. The van der Waals surface area contributed by atoms with Crippen molar-refractivity contribution >= 4 is 34.3 Å². The van der Waals surface area contributed by atoms with Gasteiger partial charge in [-0.2, -0.15) is 0 Å². The van der Waals surface area contributed by atoms with Crippen LogP contribution in [0.25, 0.3) is 16.8 Å². The second-order valence-electron chi connectivity index (χ2n) is 5.60. The third-order valence-electron chi connectivity index (χ3n) is 4.09. The predicted molar refractivity (Wildman–Crippen MR) is 96.3 cm³/mol. The van der Waals surface area contributed by atoms with Gasteiger partial charge < -0.3 is 10.0 Å². The summed E-state index contributed by atoms with van der Waals surface area (Å²) in [4.78, 5) is 6.51. The summed E-state index contributed by atoms with van der Waals surface area (Å²) in [6, 6.07) is 7.73. The molecule has 2 heterocycles. The number of benzene rings is 1. The molecule has 0 aliphatic carbocycles. The van der Waals surface area contributed by atoms with Crippen LogP contribution < -0.4 is 0 Å². The lowest BCUT2D eigenvalue weighted by Gasteiger charge is -2.25. The van der Waals surface area contributed by atoms with E-state index in [1.165, 1.54) is 11.3 Å². The van der Waals surface area contributed by atoms with Crippen LogP contribution in [-0.4, -0.2) is 33.4 Å². The first kappa shape index (κ1) is 16.0. The van der Waals surface area contributed by atoms with Crippen molar-refractivity contribution in [2.75, 3.05) is 6.54 Å². The van der Waals surface area contributed by atoms with E-state index in [9.17, 15) is 5.11 Å². The van der Waals surface area contributed by atoms with E-state index >= 15 is 0 Å². The number of thiazole rings is 1. The summed E-state index contributed by atoms with van der Waals surface area (Å²) in [6.07, 6.45) is 0.925. The summed E-state index contributed by atoms with van der Waals surface area (Å²) in [5.74, 6) is 0.575. The topological polar surface area (TPSA) is 60.2 Å². The number of hydrogen-bond acceptors (Lipinski definition) is 4. The van der Waals surface area contributed by atoms with E-state index < -0.39 is 0 Å². The van der Waals surface area contributed by atoms with Gasteiger partial charge in [0.25, 0.3) is 0 Å². The number of aromatic nitrogens is 1. The molecule has 2 aromatic rings. The second-order valence-corrected chi connectivity index (χ2v) is 6.90. The van der Waals surface area contributed by atoms with Crippen molar-refractivity contribution in [1.82, 2.24) is 9.88 Å². The van der Waals surface area contributed by atoms with Crippen LogP contribution in [0, 0.1) is 5.41 Å². The molecule has 120 valence electrons. The van der Waals surface area contributed by atoms with Crippen molar-refractivity contribution in [3.8, 4) is 11.3 Å². The van der Waals surface area contributed by atoms with Crippen LogP contribution in [0.1, 0.15) is 25.3 Å². The molecule has 1 aliphatic rings. The smallest absolute Gasteiger partial charge is 0.135 e. The Balaban J connectivity index is 1.91. The Bertz CT molecular complexity index is 784. The summed E-state index contributed by atoms with van der Waals surface area (Å²) in [5.41, 5.74) is 2.29. The minimum absolute atomic E-state index is 0.217. The number of hydrogen-bond donors (Lipinski definition) is 2. The van der Waals surface area contributed by atoms with Crippen LogP contribution in [0.4, 0.5) is 0 Å². The summed E-state index contributed by atoms with van der Waals surface area (Å²) in [7, 11) is 0. The van der Waals surface area contributed by atoms with Gasteiger partial charge in [-0.1, -0.05) is 30.7 Å². The lowest BCUT2D eigenvalue weighted by molar-refractivity contribution is 0.301. The van der Waals surface area contributed by atoms with Gasteiger partial charge in [-0.05, 0) is 25.5 Å². The Kier molecular flexibility index (Phi) is 4.41. The van der Waals surface area contributed by atoms with Crippen LogP contribution in [0.3, 0.4) is 0 Å². The standard InChI is InChI=1S/C17H18ClN3OS/c1-3-10(2)21-8-14(22)15(16(21)19)17-20-13(9-23-17)11-5-4-6-12(18)7-11/h4-7,9-10,19,22H,3,8H2,1-2H3/t10-/m0/s1. The lowest BCUT2D eigenvalue weighted by Crippen LogP contribution is -2.34. The number of amidine groups is 1. The molecular weight excluding hydrogens is 330 g/mol. The van der Waals surface area contributed by atoms with Gasteiger partial charge >= 0.3 is 0 Å². The third-order valence-corrected chi connectivity index (χ3v) is 5.19. The fourth-order valence-electron chi connectivity index (χ4n) is 2.59. The molecule has 1 aromatic heterocycles. The van der Waals surface area contributed by atoms with E-state index in [1.807, 2.05) is 34.5 Å². The number of aliphatic hydroxyl groups excluding tert-OH is 1. The van der Waals surface area contributed by atoms with E-state index in [2.05, 4.69) is 18.8 Å². The van der Waals surface area contributed by atoms with Gasteiger partial charge in [0.1, 0.15) is 16.6 Å². The minimum atomic E-state index is 0.217. The monoisotopic (exact) mass is 347 g/mol. The van der Waals surface area contributed by atoms with E-state index in [1.54, 1.807) is 0 Å². The first-order chi connectivity index (χ1) is 11.0. The lowest BCUT2D eigenvalue weighted by atomic mass is 10.2.